The second-order valence-corrected chi connectivity index (χ2v) is 6.44. The highest BCUT2D eigenvalue weighted by molar-refractivity contribution is 5.97. The van der Waals surface area contributed by atoms with Gasteiger partial charge in [0, 0.05) is 37.2 Å². The number of nitrogens with zero attached hydrogens (tertiary/aromatic N) is 3. The maximum atomic E-state index is 12.4. The zero-order chi connectivity index (χ0) is 17.1. The van der Waals surface area contributed by atoms with Crippen LogP contribution in [-0.2, 0) is 4.79 Å². The predicted molar refractivity (Wildman–Crippen MR) is 91.9 cm³/mol. The second-order valence-electron chi connectivity index (χ2n) is 6.44. The molecule has 24 heavy (non-hydrogen) atoms. The molecule has 1 aromatic heterocycles. The van der Waals surface area contributed by atoms with Crippen LogP contribution >= 0.6 is 0 Å². The summed E-state index contributed by atoms with van der Waals surface area (Å²) >= 11 is 0. The van der Waals surface area contributed by atoms with Gasteiger partial charge in [-0.1, -0.05) is 30.3 Å². The van der Waals surface area contributed by atoms with Crippen molar-refractivity contribution in [2.45, 2.75) is 39.2 Å². The van der Waals surface area contributed by atoms with E-state index in [0.717, 1.165) is 24.4 Å². The number of benzene rings is 1. The predicted octanol–water partition coefficient (Wildman–Crippen LogP) is 2.94. The van der Waals surface area contributed by atoms with Crippen molar-refractivity contribution in [2.75, 3.05) is 13.1 Å². The van der Waals surface area contributed by atoms with Crippen molar-refractivity contribution in [2.24, 2.45) is 0 Å². The maximum absolute atomic E-state index is 12.4. The molecular formula is C19H23N3O2. The molecule has 1 aliphatic rings. The molecule has 3 rings (SSSR count). The fourth-order valence-corrected chi connectivity index (χ4v) is 3.33. The number of carbonyl (C=O) groups excluding carboxylic acids is 2. The molecule has 0 spiro atoms. The van der Waals surface area contributed by atoms with Gasteiger partial charge in [0.1, 0.15) is 0 Å². The lowest BCUT2D eigenvalue weighted by Crippen LogP contribution is -2.29. The van der Waals surface area contributed by atoms with E-state index < -0.39 is 0 Å². The number of amides is 1. The highest BCUT2D eigenvalue weighted by Crippen LogP contribution is 2.23. The molecule has 5 nitrogen and oxygen atoms in total. The summed E-state index contributed by atoms with van der Waals surface area (Å²) in [5, 5.41) is 4.52. The first-order valence-corrected chi connectivity index (χ1v) is 8.43. The summed E-state index contributed by atoms with van der Waals surface area (Å²) in [5.74, 6) is 0.0848. The monoisotopic (exact) mass is 325 g/mol. The van der Waals surface area contributed by atoms with Gasteiger partial charge in [-0.25, -0.2) is 0 Å². The van der Waals surface area contributed by atoms with Gasteiger partial charge in [-0.3, -0.25) is 14.3 Å². The van der Waals surface area contributed by atoms with Crippen LogP contribution in [0.3, 0.4) is 0 Å². The molecule has 0 saturated carbocycles. The number of hydrogen-bond donors (Lipinski definition) is 0. The molecule has 1 atom stereocenters. The molecule has 126 valence electrons. The van der Waals surface area contributed by atoms with E-state index in [-0.39, 0.29) is 30.6 Å². The molecule has 0 N–H and O–H groups in total. The van der Waals surface area contributed by atoms with Crippen LogP contribution in [0.5, 0.6) is 0 Å². The van der Waals surface area contributed by atoms with Crippen molar-refractivity contribution >= 4 is 11.7 Å². The minimum absolute atomic E-state index is 0.0262. The van der Waals surface area contributed by atoms with E-state index in [9.17, 15) is 9.59 Å². The number of aryl methyl sites for hydroxylation is 2. The van der Waals surface area contributed by atoms with Crippen molar-refractivity contribution in [3.8, 4) is 0 Å². The number of ketones is 1. The molecule has 1 saturated heterocycles. The first-order chi connectivity index (χ1) is 11.5. The maximum Gasteiger partial charge on any atom is 0.223 e. The highest BCUT2D eigenvalue weighted by Gasteiger charge is 2.28. The quantitative estimate of drug-likeness (QED) is 0.794. The van der Waals surface area contributed by atoms with E-state index in [1.165, 1.54) is 0 Å². The van der Waals surface area contributed by atoms with Gasteiger partial charge >= 0.3 is 0 Å². The van der Waals surface area contributed by atoms with Crippen LogP contribution in [0, 0.1) is 13.8 Å². The number of aromatic nitrogens is 2. The topological polar surface area (TPSA) is 55.2 Å². The summed E-state index contributed by atoms with van der Waals surface area (Å²) in [7, 11) is 0. The van der Waals surface area contributed by atoms with Gasteiger partial charge < -0.3 is 4.90 Å². The Bertz CT molecular complexity index is 736. The summed E-state index contributed by atoms with van der Waals surface area (Å²) in [6, 6.07) is 11.5. The van der Waals surface area contributed by atoms with Crippen LogP contribution in [-0.4, -0.2) is 39.5 Å². The number of carbonyl (C=O) groups is 2. The van der Waals surface area contributed by atoms with Crippen molar-refractivity contribution in [3.63, 3.8) is 0 Å². The van der Waals surface area contributed by atoms with Crippen LogP contribution < -0.4 is 0 Å². The van der Waals surface area contributed by atoms with E-state index in [1.54, 1.807) is 12.1 Å². The summed E-state index contributed by atoms with van der Waals surface area (Å²) in [4.78, 5) is 26.4. The van der Waals surface area contributed by atoms with Crippen LogP contribution in [0.2, 0.25) is 0 Å². The molecule has 1 fully saturated rings. The van der Waals surface area contributed by atoms with Crippen LogP contribution in [0.15, 0.2) is 36.4 Å². The standard InChI is InChI=1S/C19H23N3O2/c1-14-12-15(2)22(20-14)17-10-11-21(13-17)19(24)9-8-18(23)16-6-4-3-5-7-16/h3-7,12,17H,8-11,13H2,1-2H3/t17-/m1/s1. The number of hydrogen-bond acceptors (Lipinski definition) is 3. The van der Waals surface area contributed by atoms with Crippen molar-refractivity contribution < 1.29 is 9.59 Å². The average Bonchev–Trinajstić information content (AvgIpc) is 3.19. The molecular weight excluding hydrogens is 302 g/mol. The van der Waals surface area contributed by atoms with Gasteiger partial charge in [-0.2, -0.15) is 5.10 Å². The molecule has 0 unspecified atom stereocenters. The zero-order valence-corrected chi connectivity index (χ0v) is 14.2. The van der Waals surface area contributed by atoms with Gasteiger partial charge in [0.15, 0.2) is 5.78 Å². The van der Waals surface area contributed by atoms with Crippen molar-refractivity contribution in [3.05, 3.63) is 53.3 Å². The van der Waals surface area contributed by atoms with Gasteiger partial charge in [-0.05, 0) is 26.3 Å². The lowest BCUT2D eigenvalue weighted by Gasteiger charge is -2.17. The van der Waals surface area contributed by atoms with Crippen LogP contribution in [0.4, 0.5) is 0 Å². The van der Waals surface area contributed by atoms with Gasteiger partial charge in [-0.15, -0.1) is 0 Å². The SMILES string of the molecule is Cc1cc(C)n([C@@H]2CCN(C(=O)CCC(=O)c3ccccc3)C2)n1. The largest absolute Gasteiger partial charge is 0.340 e. The van der Waals surface area contributed by atoms with E-state index in [0.29, 0.717) is 12.1 Å². The van der Waals surface area contributed by atoms with Gasteiger partial charge in [0.25, 0.3) is 0 Å². The first kappa shape index (κ1) is 16.4. The minimum Gasteiger partial charge on any atom is -0.340 e. The van der Waals surface area contributed by atoms with Crippen LogP contribution in [0.25, 0.3) is 0 Å². The molecule has 0 bridgehead atoms. The molecule has 2 aromatic rings. The molecule has 1 amide bonds. The van der Waals surface area contributed by atoms with Crippen molar-refractivity contribution in [1.82, 2.24) is 14.7 Å². The first-order valence-electron chi connectivity index (χ1n) is 8.43. The molecule has 2 heterocycles. The lowest BCUT2D eigenvalue weighted by molar-refractivity contribution is -0.130. The third-order valence-electron chi connectivity index (χ3n) is 4.57. The smallest absolute Gasteiger partial charge is 0.223 e. The lowest BCUT2D eigenvalue weighted by atomic mass is 10.1. The Labute approximate surface area is 142 Å². The number of Topliss-reactive ketones (excluding diaryl/α,β-unsaturated/α-hetero) is 1. The molecule has 0 aliphatic carbocycles. The average molecular weight is 325 g/mol. The third-order valence-corrected chi connectivity index (χ3v) is 4.57. The van der Waals surface area contributed by atoms with Gasteiger partial charge in [0.05, 0.1) is 11.7 Å². The fraction of sp³-hybridized carbons (Fsp3) is 0.421. The van der Waals surface area contributed by atoms with E-state index in [1.807, 2.05) is 41.6 Å². The summed E-state index contributed by atoms with van der Waals surface area (Å²) in [5.41, 5.74) is 2.81. The Balaban J connectivity index is 1.53. The summed E-state index contributed by atoms with van der Waals surface area (Å²) in [6.45, 7) is 5.45. The zero-order valence-electron chi connectivity index (χ0n) is 14.2. The van der Waals surface area contributed by atoms with Crippen molar-refractivity contribution in [1.29, 1.82) is 0 Å². The number of likely N-dealkylation sites (tertiary alicyclic amines) is 1. The Hall–Kier alpha value is -2.43. The Morgan fingerprint density at radius 2 is 1.92 bits per heavy atom. The molecule has 1 aliphatic heterocycles. The minimum atomic E-state index is 0.0262. The Kier molecular flexibility index (Phi) is 4.79. The summed E-state index contributed by atoms with van der Waals surface area (Å²) < 4.78 is 2.03. The summed E-state index contributed by atoms with van der Waals surface area (Å²) in [6.07, 6.45) is 1.46. The van der Waals surface area contributed by atoms with E-state index in [2.05, 4.69) is 11.2 Å². The normalized spacial score (nSPS) is 17.2. The van der Waals surface area contributed by atoms with Gasteiger partial charge in [0.2, 0.25) is 5.91 Å². The molecule has 1 aromatic carbocycles. The number of rotatable bonds is 5. The highest BCUT2D eigenvalue weighted by atomic mass is 16.2. The molecule has 0 radical (unpaired) electrons. The van der Waals surface area contributed by atoms with E-state index in [4.69, 9.17) is 0 Å². The fourth-order valence-electron chi connectivity index (χ4n) is 3.33. The third kappa shape index (κ3) is 3.55. The molecule has 5 heteroatoms. The second kappa shape index (κ2) is 6.99. The Morgan fingerprint density at radius 3 is 2.58 bits per heavy atom. The van der Waals surface area contributed by atoms with Crippen LogP contribution in [0.1, 0.15) is 47.1 Å². The van der Waals surface area contributed by atoms with E-state index >= 15 is 0 Å². The Morgan fingerprint density at radius 1 is 1.17 bits per heavy atom.